The van der Waals surface area contributed by atoms with E-state index in [1.807, 2.05) is 20.8 Å². The molecule has 5 nitrogen and oxygen atoms in total. The summed E-state index contributed by atoms with van der Waals surface area (Å²) < 4.78 is 11.2. The number of hydrogen-bond donors (Lipinski definition) is 1. The minimum Gasteiger partial charge on any atom is -0.444 e. The van der Waals surface area contributed by atoms with Crippen molar-refractivity contribution in [2.45, 2.75) is 77.5 Å². The highest BCUT2D eigenvalue weighted by Gasteiger charge is 2.38. The summed E-state index contributed by atoms with van der Waals surface area (Å²) in [6.07, 6.45) is 5.85. The van der Waals surface area contributed by atoms with Crippen molar-refractivity contribution in [1.82, 2.24) is 4.90 Å². The fourth-order valence-electron chi connectivity index (χ4n) is 3.78. The molecule has 2 rings (SSSR count). The molecule has 134 valence electrons. The molecule has 2 unspecified atom stereocenters. The topological polar surface area (TPSA) is 64.8 Å². The van der Waals surface area contributed by atoms with Crippen LogP contribution in [0.3, 0.4) is 0 Å². The van der Waals surface area contributed by atoms with E-state index in [4.69, 9.17) is 15.2 Å². The molecule has 2 fully saturated rings. The van der Waals surface area contributed by atoms with Gasteiger partial charge in [-0.1, -0.05) is 26.2 Å². The standard InChI is InChI=1S/C18H34N2O3/c1-5-13-6-8-14(9-7-13)16(19)15-12-22-11-10-20(15)17(21)23-18(2,3)4/h13-16H,5-12,19H2,1-4H3. The van der Waals surface area contributed by atoms with Crippen molar-refractivity contribution in [3.63, 3.8) is 0 Å². The third kappa shape index (κ3) is 5.08. The Kier molecular flexibility index (Phi) is 6.32. The maximum atomic E-state index is 12.5. The first kappa shape index (κ1) is 18.5. The van der Waals surface area contributed by atoms with Gasteiger partial charge < -0.3 is 15.2 Å². The van der Waals surface area contributed by atoms with Crippen LogP contribution in [0.25, 0.3) is 0 Å². The molecule has 1 heterocycles. The molecule has 2 atom stereocenters. The highest BCUT2D eigenvalue weighted by atomic mass is 16.6. The van der Waals surface area contributed by atoms with E-state index in [2.05, 4.69) is 6.92 Å². The second-order valence-electron chi connectivity index (χ2n) is 8.08. The molecular formula is C18H34N2O3. The highest BCUT2D eigenvalue weighted by Crippen LogP contribution is 2.34. The van der Waals surface area contributed by atoms with E-state index in [0.717, 1.165) is 5.92 Å². The van der Waals surface area contributed by atoms with Crippen LogP contribution in [0.5, 0.6) is 0 Å². The normalized spacial score (nSPS) is 30.8. The van der Waals surface area contributed by atoms with Crippen molar-refractivity contribution < 1.29 is 14.3 Å². The quantitative estimate of drug-likeness (QED) is 0.865. The molecule has 23 heavy (non-hydrogen) atoms. The Morgan fingerprint density at radius 1 is 1.30 bits per heavy atom. The molecule has 1 aliphatic carbocycles. The van der Waals surface area contributed by atoms with Gasteiger partial charge in [-0.25, -0.2) is 4.79 Å². The molecule has 1 saturated heterocycles. The Balaban J connectivity index is 1.98. The van der Waals surface area contributed by atoms with Gasteiger partial charge in [-0.3, -0.25) is 4.90 Å². The van der Waals surface area contributed by atoms with E-state index in [1.165, 1.54) is 32.1 Å². The summed E-state index contributed by atoms with van der Waals surface area (Å²) >= 11 is 0. The Bertz CT molecular complexity index is 386. The number of morpholine rings is 1. The van der Waals surface area contributed by atoms with E-state index >= 15 is 0 Å². The molecule has 0 spiro atoms. The van der Waals surface area contributed by atoms with Crippen molar-refractivity contribution in [3.05, 3.63) is 0 Å². The first-order chi connectivity index (χ1) is 10.8. The molecule has 0 radical (unpaired) electrons. The van der Waals surface area contributed by atoms with Crippen LogP contribution in [-0.4, -0.2) is 48.4 Å². The monoisotopic (exact) mass is 326 g/mol. The van der Waals surface area contributed by atoms with Crippen LogP contribution in [-0.2, 0) is 9.47 Å². The van der Waals surface area contributed by atoms with E-state index in [0.29, 0.717) is 25.7 Å². The lowest BCUT2D eigenvalue weighted by Gasteiger charge is -2.43. The lowest BCUT2D eigenvalue weighted by molar-refractivity contribution is -0.0444. The fourth-order valence-corrected chi connectivity index (χ4v) is 3.78. The van der Waals surface area contributed by atoms with Crippen molar-refractivity contribution in [2.75, 3.05) is 19.8 Å². The predicted molar refractivity (Wildman–Crippen MR) is 91.3 cm³/mol. The van der Waals surface area contributed by atoms with Crippen LogP contribution in [0.15, 0.2) is 0 Å². The number of nitrogens with zero attached hydrogens (tertiary/aromatic N) is 1. The van der Waals surface area contributed by atoms with Gasteiger partial charge in [0.15, 0.2) is 0 Å². The van der Waals surface area contributed by atoms with Crippen LogP contribution < -0.4 is 5.73 Å². The molecule has 2 aliphatic rings. The van der Waals surface area contributed by atoms with Crippen LogP contribution in [0.4, 0.5) is 4.79 Å². The van der Waals surface area contributed by atoms with Crippen molar-refractivity contribution in [3.8, 4) is 0 Å². The molecule has 0 aromatic rings. The van der Waals surface area contributed by atoms with Crippen LogP contribution in [0, 0.1) is 11.8 Å². The summed E-state index contributed by atoms with van der Waals surface area (Å²) in [5.41, 5.74) is 6.09. The molecule has 0 aromatic carbocycles. The van der Waals surface area contributed by atoms with E-state index < -0.39 is 5.60 Å². The summed E-state index contributed by atoms with van der Waals surface area (Å²) in [7, 11) is 0. The molecule has 1 amide bonds. The maximum absolute atomic E-state index is 12.5. The summed E-state index contributed by atoms with van der Waals surface area (Å²) in [6, 6.07) is -0.0950. The average Bonchev–Trinajstić information content (AvgIpc) is 2.52. The van der Waals surface area contributed by atoms with Gasteiger partial charge in [-0.05, 0) is 45.4 Å². The number of nitrogens with two attached hydrogens (primary N) is 1. The number of hydrogen-bond acceptors (Lipinski definition) is 4. The molecule has 0 bridgehead atoms. The number of carbonyl (C=O) groups is 1. The van der Waals surface area contributed by atoms with Gasteiger partial charge in [-0.15, -0.1) is 0 Å². The van der Waals surface area contributed by atoms with Gasteiger partial charge in [0.2, 0.25) is 0 Å². The lowest BCUT2D eigenvalue weighted by atomic mass is 9.76. The third-order valence-electron chi connectivity index (χ3n) is 5.25. The minimum absolute atomic E-state index is 0.0272. The molecule has 5 heteroatoms. The zero-order valence-electron chi connectivity index (χ0n) is 15.2. The largest absolute Gasteiger partial charge is 0.444 e. The summed E-state index contributed by atoms with van der Waals surface area (Å²) in [4.78, 5) is 14.3. The second kappa shape index (κ2) is 7.84. The third-order valence-corrected chi connectivity index (χ3v) is 5.25. The zero-order valence-corrected chi connectivity index (χ0v) is 15.2. The van der Waals surface area contributed by atoms with Gasteiger partial charge in [0.1, 0.15) is 5.60 Å². The van der Waals surface area contributed by atoms with Gasteiger partial charge in [0, 0.05) is 12.6 Å². The van der Waals surface area contributed by atoms with Gasteiger partial charge >= 0.3 is 6.09 Å². The molecular weight excluding hydrogens is 292 g/mol. The predicted octanol–water partition coefficient (Wildman–Crippen LogP) is 3.17. The van der Waals surface area contributed by atoms with Crippen molar-refractivity contribution >= 4 is 6.09 Å². The fraction of sp³-hybridized carbons (Fsp3) is 0.944. The summed E-state index contributed by atoms with van der Waals surface area (Å²) in [5.74, 6) is 1.33. The Morgan fingerprint density at radius 3 is 2.52 bits per heavy atom. The smallest absolute Gasteiger partial charge is 0.410 e. The first-order valence-electron chi connectivity index (χ1n) is 9.14. The molecule has 1 saturated carbocycles. The minimum atomic E-state index is -0.483. The lowest BCUT2D eigenvalue weighted by Crippen LogP contribution is -2.59. The van der Waals surface area contributed by atoms with Crippen LogP contribution in [0.1, 0.15) is 59.8 Å². The maximum Gasteiger partial charge on any atom is 0.410 e. The van der Waals surface area contributed by atoms with Crippen LogP contribution >= 0.6 is 0 Å². The Morgan fingerprint density at radius 2 is 1.96 bits per heavy atom. The number of rotatable bonds is 3. The van der Waals surface area contributed by atoms with E-state index in [9.17, 15) is 4.79 Å². The number of ether oxygens (including phenoxy) is 2. The molecule has 0 aromatic heterocycles. The highest BCUT2D eigenvalue weighted by molar-refractivity contribution is 5.68. The first-order valence-corrected chi connectivity index (χ1v) is 9.14. The molecule has 2 N–H and O–H groups in total. The van der Waals surface area contributed by atoms with Crippen LogP contribution in [0.2, 0.25) is 0 Å². The van der Waals surface area contributed by atoms with E-state index in [-0.39, 0.29) is 18.2 Å². The van der Waals surface area contributed by atoms with E-state index in [1.54, 1.807) is 4.90 Å². The molecule has 1 aliphatic heterocycles. The van der Waals surface area contributed by atoms with Gasteiger partial charge in [-0.2, -0.15) is 0 Å². The Hall–Kier alpha value is -0.810. The second-order valence-corrected chi connectivity index (χ2v) is 8.08. The number of carbonyl (C=O) groups excluding carboxylic acids is 1. The van der Waals surface area contributed by atoms with Crippen molar-refractivity contribution in [2.24, 2.45) is 17.6 Å². The summed E-state index contributed by atoms with van der Waals surface area (Å²) in [5, 5.41) is 0. The number of amides is 1. The summed E-state index contributed by atoms with van der Waals surface area (Å²) in [6.45, 7) is 9.60. The van der Waals surface area contributed by atoms with Gasteiger partial charge in [0.05, 0.1) is 19.3 Å². The average molecular weight is 326 g/mol. The SMILES string of the molecule is CCC1CCC(C(N)C2COCCN2C(=O)OC(C)(C)C)CC1. The van der Waals surface area contributed by atoms with Crippen molar-refractivity contribution in [1.29, 1.82) is 0 Å². The van der Waals surface area contributed by atoms with Gasteiger partial charge in [0.25, 0.3) is 0 Å². The zero-order chi connectivity index (χ0) is 17.0. The Labute approximate surface area is 140 Å².